The first kappa shape index (κ1) is 14.7. The highest BCUT2D eigenvalue weighted by atomic mass is 35.5. The molecule has 1 aromatic rings. The fourth-order valence-electron chi connectivity index (χ4n) is 2.41. The van der Waals surface area contributed by atoms with Crippen LogP contribution in [0.4, 0.5) is 0 Å². The van der Waals surface area contributed by atoms with Crippen LogP contribution in [-0.4, -0.2) is 35.0 Å². The van der Waals surface area contributed by atoms with Gasteiger partial charge in [0, 0.05) is 6.20 Å². The third-order valence-electron chi connectivity index (χ3n) is 3.19. The van der Waals surface area contributed by atoms with Crippen LogP contribution in [-0.2, 0) is 16.1 Å². The fourth-order valence-corrected chi connectivity index (χ4v) is 2.61. The Hall–Kier alpha value is -0.680. The van der Waals surface area contributed by atoms with Crippen molar-refractivity contribution in [3.63, 3.8) is 0 Å². The molecular weight excluding hydrogens is 266 g/mol. The van der Waals surface area contributed by atoms with Gasteiger partial charge in [0.25, 0.3) is 0 Å². The number of pyridine rings is 1. The van der Waals surface area contributed by atoms with Crippen LogP contribution in [0, 0.1) is 5.41 Å². The maximum Gasteiger partial charge on any atom is 0.138 e. The highest BCUT2D eigenvalue weighted by molar-refractivity contribution is 6.29. The summed E-state index contributed by atoms with van der Waals surface area (Å²) in [7, 11) is 0. The van der Waals surface area contributed by atoms with E-state index < -0.39 is 5.60 Å². The molecule has 0 amide bonds. The Bertz CT molecular complexity index is 447. The van der Waals surface area contributed by atoms with Crippen LogP contribution >= 0.6 is 11.6 Å². The van der Waals surface area contributed by atoms with Gasteiger partial charge in [-0.2, -0.15) is 0 Å². The van der Waals surface area contributed by atoms with Crippen molar-refractivity contribution in [2.45, 2.75) is 39.1 Å². The van der Waals surface area contributed by atoms with E-state index in [1.165, 1.54) is 0 Å². The Labute approximate surface area is 118 Å². The summed E-state index contributed by atoms with van der Waals surface area (Å²) in [6.07, 6.45) is 1.45. The molecule has 0 radical (unpaired) electrons. The molecule has 19 heavy (non-hydrogen) atoms. The minimum Gasteiger partial charge on any atom is -0.382 e. The van der Waals surface area contributed by atoms with Gasteiger partial charge in [-0.05, 0) is 23.1 Å². The highest BCUT2D eigenvalue weighted by Gasteiger charge is 2.52. The SMILES string of the molecule is CC(C)(C)C1OCC1(O)COCc1ccnc(Cl)c1. The van der Waals surface area contributed by atoms with Crippen LogP contribution in [0.1, 0.15) is 26.3 Å². The second kappa shape index (κ2) is 5.37. The van der Waals surface area contributed by atoms with Crippen LogP contribution in [0.15, 0.2) is 18.3 Å². The van der Waals surface area contributed by atoms with Crippen LogP contribution in [0.5, 0.6) is 0 Å². The van der Waals surface area contributed by atoms with E-state index in [-0.39, 0.29) is 18.1 Å². The lowest BCUT2D eigenvalue weighted by Gasteiger charge is -2.51. The Morgan fingerprint density at radius 2 is 2.32 bits per heavy atom. The monoisotopic (exact) mass is 285 g/mol. The summed E-state index contributed by atoms with van der Waals surface area (Å²) in [6.45, 7) is 7.13. The van der Waals surface area contributed by atoms with Crippen LogP contribution in [0.3, 0.4) is 0 Å². The average Bonchev–Trinajstić information content (AvgIpc) is 2.25. The van der Waals surface area contributed by atoms with Crippen molar-refractivity contribution >= 4 is 11.6 Å². The molecule has 1 fully saturated rings. The molecule has 0 aromatic carbocycles. The van der Waals surface area contributed by atoms with E-state index in [1.54, 1.807) is 12.3 Å². The zero-order valence-electron chi connectivity index (χ0n) is 11.5. The fraction of sp³-hybridized carbons (Fsp3) is 0.643. The van der Waals surface area contributed by atoms with Crippen LogP contribution < -0.4 is 0 Å². The lowest BCUT2D eigenvalue weighted by molar-refractivity contribution is -0.287. The molecule has 106 valence electrons. The summed E-state index contributed by atoms with van der Waals surface area (Å²) in [5.74, 6) is 0. The number of nitrogens with zero attached hydrogens (tertiary/aromatic N) is 1. The minimum absolute atomic E-state index is 0.101. The number of halogens is 1. The lowest BCUT2D eigenvalue weighted by Crippen LogP contribution is -2.65. The van der Waals surface area contributed by atoms with E-state index in [2.05, 4.69) is 4.98 Å². The van der Waals surface area contributed by atoms with E-state index in [4.69, 9.17) is 21.1 Å². The predicted octanol–water partition coefficient (Wildman–Crippen LogP) is 2.43. The molecule has 2 unspecified atom stereocenters. The summed E-state index contributed by atoms with van der Waals surface area (Å²) in [6, 6.07) is 3.60. The van der Waals surface area contributed by atoms with E-state index in [9.17, 15) is 5.11 Å². The van der Waals surface area contributed by atoms with Gasteiger partial charge in [-0.15, -0.1) is 0 Å². The first-order valence-electron chi connectivity index (χ1n) is 6.33. The number of aromatic nitrogens is 1. The average molecular weight is 286 g/mol. The molecular formula is C14H20ClNO3. The largest absolute Gasteiger partial charge is 0.382 e. The molecule has 5 heteroatoms. The smallest absolute Gasteiger partial charge is 0.138 e. The molecule has 1 N–H and O–H groups in total. The van der Waals surface area contributed by atoms with Gasteiger partial charge in [0.05, 0.1) is 25.9 Å². The predicted molar refractivity (Wildman–Crippen MR) is 73.0 cm³/mol. The van der Waals surface area contributed by atoms with Gasteiger partial charge in [0.2, 0.25) is 0 Å². The summed E-state index contributed by atoms with van der Waals surface area (Å²) < 4.78 is 11.1. The summed E-state index contributed by atoms with van der Waals surface area (Å²) >= 11 is 5.80. The van der Waals surface area contributed by atoms with Gasteiger partial charge in [-0.25, -0.2) is 4.98 Å². The molecule has 1 aliphatic rings. The molecule has 2 atom stereocenters. The zero-order valence-corrected chi connectivity index (χ0v) is 12.3. The first-order valence-corrected chi connectivity index (χ1v) is 6.71. The first-order chi connectivity index (χ1) is 8.81. The van der Waals surface area contributed by atoms with Crippen molar-refractivity contribution in [1.29, 1.82) is 0 Å². The van der Waals surface area contributed by atoms with Gasteiger partial charge >= 0.3 is 0 Å². The van der Waals surface area contributed by atoms with Gasteiger partial charge in [-0.3, -0.25) is 0 Å². The van der Waals surface area contributed by atoms with Gasteiger partial charge < -0.3 is 14.6 Å². The van der Waals surface area contributed by atoms with Crippen molar-refractivity contribution in [2.75, 3.05) is 13.2 Å². The molecule has 0 spiro atoms. The molecule has 1 saturated heterocycles. The van der Waals surface area contributed by atoms with E-state index >= 15 is 0 Å². The topological polar surface area (TPSA) is 51.6 Å². The number of rotatable bonds is 4. The Morgan fingerprint density at radius 3 is 2.84 bits per heavy atom. The quantitative estimate of drug-likeness (QED) is 0.863. The lowest BCUT2D eigenvalue weighted by atomic mass is 9.75. The zero-order chi connectivity index (χ0) is 14.1. The summed E-state index contributed by atoms with van der Waals surface area (Å²) in [4.78, 5) is 3.91. The third kappa shape index (κ3) is 3.45. The summed E-state index contributed by atoms with van der Waals surface area (Å²) in [5.41, 5.74) is -0.0538. The summed E-state index contributed by atoms with van der Waals surface area (Å²) in [5, 5.41) is 10.9. The number of hydrogen-bond donors (Lipinski definition) is 1. The Balaban J connectivity index is 1.86. The van der Waals surface area contributed by atoms with Crippen molar-refractivity contribution in [2.24, 2.45) is 5.41 Å². The van der Waals surface area contributed by atoms with E-state index in [0.717, 1.165) is 5.56 Å². The number of aliphatic hydroxyl groups is 1. The van der Waals surface area contributed by atoms with Crippen LogP contribution in [0.2, 0.25) is 5.15 Å². The van der Waals surface area contributed by atoms with E-state index in [1.807, 2.05) is 26.8 Å². The molecule has 0 bridgehead atoms. The van der Waals surface area contributed by atoms with E-state index in [0.29, 0.717) is 18.4 Å². The minimum atomic E-state index is -0.894. The van der Waals surface area contributed by atoms with Crippen molar-refractivity contribution < 1.29 is 14.6 Å². The van der Waals surface area contributed by atoms with Crippen molar-refractivity contribution in [3.8, 4) is 0 Å². The van der Waals surface area contributed by atoms with Gasteiger partial charge in [-0.1, -0.05) is 32.4 Å². The van der Waals surface area contributed by atoms with Crippen LogP contribution in [0.25, 0.3) is 0 Å². The number of hydrogen-bond acceptors (Lipinski definition) is 4. The molecule has 0 saturated carbocycles. The standard InChI is InChI=1S/C14H20ClNO3/c1-13(2,3)12-14(17,9-19-12)8-18-7-10-4-5-16-11(15)6-10/h4-6,12,17H,7-9H2,1-3H3. The number of ether oxygens (including phenoxy) is 2. The second-order valence-corrected chi connectivity index (χ2v) is 6.53. The molecule has 1 aliphatic heterocycles. The molecule has 0 aliphatic carbocycles. The molecule has 4 nitrogen and oxygen atoms in total. The Kier molecular flexibility index (Phi) is 4.16. The van der Waals surface area contributed by atoms with Crippen molar-refractivity contribution in [3.05, 3.63) is 29.0 Å². The maximum atomic E-state index is 10.4. The molecule has 1 aromatic heterocycles. The molecule has 2 rings (SSSR count). The molecule has 2 heterocycles. The normalized spacial score (nSPS) is 27.1. The van der Waals surface area contributed by atoms with Gasteiger partial charge in [0.1, 0.15) is 10.8 Å². The highest BCUT2D eigenvalue weighted by Crippen LogP contribution is 2.38. The maximum absolute atomic E-state index is 10.4. The van der Waals surface area contributed by atoms with Gasteiger partial charge in [0.15, 0.2) is 0 Å². The Morgan fingerprint density at radius 1 is 1.58 bits per heavy atom. The third-order valence-corrected chi connectivity index (χ3v) is 3.39. The van der Waals surface area contributed by atoms with Crippen molar-refractivity contribution in [1.82, 2.24) is 4.98 Å². The second-order valence-electron chi connectivity index (χ2n) is 6.14.